The van der Waals surface area contributed by atoms with Crippen molar-refractivity contribution >= 4 is 38.9 Å². The van der Waals surface area contributed by atoms with E-state index in [0.29, 0.717) is 6.67 Å². The molecular weight excluding hydrogens is 829 g/mol. The van der Waals surface area contributed by atoms with Gasteiger partial charge in [-0.3, -0.25) is 4.57 Å². The first kappa shape index (κ1) is 46.5. The zero-order chi connectivity index (χ0) is 48.6. The second-order valence-corrected chi connectivity index (χ2v) is 23.6. The number of hydrogen-bond acceptors (Lipinski definition) is 4. The van der Waals surface area contributed by atoms with Gasteiger partial charge in [0.2, 0.25) is 0 Å². The predicted molar refractivity (Wildman–Crippen MR) is 289 cm³/mol. The van der Waals surface area contributed by atoms with Crippen molar-refractivity contribution in [2.45, 2.75) is 124 Å². The maximum Gasteiger partial charge on any atom is 0.137 e. The van der Waals surface area contributed by atoms with Crippen molar-refractivity contribution in [1.82, 2.24) is 9.55 Å². The van der Waals surface area contributed by atoms with Crippen LogP contribution in [0.2, 0.25) is 0 Å². The number of para-hydroxylation sites is 1. The number of benzene rings is 6. The minimum Gasteiger partial charge on any atom is -0.457 e. The van der Waals surface area contributed by atoms with E-state index in [-0.39, 0.29) is 27.1 Å². The lowest BCUT2D eigenvalue weighted by Gasteiger charge is -2.31. The van der Waals surface area contributed by atoms with E-state index in [2.05, 4.69) is 263 Å². The van der Waals surface area contributed by atoms with Gasteiger partial charge in [0.05, 0.1) is 23.4 Å². The first-order chi connectivity index (χ1) is 32.0. The molecule has 0 aliphatic carbocycles. The second-order valence-electron chi connectivity index (χ2n) is 23.6. The molecular formula is C63H70N4O. The minimum atomic E-state index is -0.333. The Hall–Kier alpha value is -6.59. The van der Waals surface area contributed by atoms with Gasteiger partial charge in [0, 0.05) is 52.1 Å². The Kier molecular flexibility index (Phi) is 11.5. The molecule has 68 heavy (non-hydrogen) atoms. The van der Waals surface area contributed by atoms with Crippen LogP contribution in [-0.4, -0.2) is 16.2 Å². The molecule has 1 aliphatic rings. The Morgan fingerprint density at radius 2 is 1.06 bits per heavy atom. The van der Waals surface area contributed by atoms with Crippen molar-refractivity contribution in [3.63, 3.8) is 0 Å². The van der Waals surface area contributed by atoms with E-state index in [1.54, 1.807) is 0 Å². The van der Waals surface area contributed by atoms with Gasteiger partial charge in [0.15, 0.2) is 0 Å². The van der Waals surface area contributed by atoms with E-state index < -0.39 is 0 Å². The maximum atomic E-state index is 7.29. The zero-order valence-electron chi connectivity index (χ0n) is 42.9. The Morgan fingerprint density at radius 3 is 1.69 bits per heavy atom. The summed E-state index contributed by atoms with van der Waals surface area (Å²) in [4.78, 5) is 9.91. The number of fused-ring (bicyclic) bond motifs is 3. The molecule has 9 rings (SSSR count). The molecule has 0 N–H and O–H groups in total. The van der Waals surface area contributed by atoms with Crippen molar-refractivity contribution in [1.29, 1.82) is 0 Å². The van der Waals surface area contributed by atoms with Crippen LogP contribution in [-0.2, 0) is 27.1 Å². The third-order valence-electron chi connectivity index (χ3n) is 14.0. The number of rotatable bonds is 8. The van der Waals surface area contributed by atoms with E-state index in [4.69, 9.17) is 9.72 Å². The van der Waals surface area contributed by atoms with Crippen LogP contribution < -0.4 is 14.5 Å². The lowest BCUT2D eigenvalue weighted by atomic mass is 9.78. The van der Waals surface area contributed by atoms with Gasteiger partial charge in [-0.25, -0.2) is 4.98 Å². The van der Waals surface area contributed by atoms with Crippen LogP contribution in [0.25, 0.3) is 33.3 Å². The van der Waals surface area contributed by atoms with Gasteiger partial charge in [0.1, 0.15) is 17.3 Å². The highest BCUT2D eigenvalue weighted by Crippen LogP contribution is 2.45. The third-order valence-corrected chi connectivity index (χ3v) is 14.0. The van der Waals surface area contributed by atoms with Crippen LogP contribution in [0.4, 0.5) is 11.4 Å². The molecule has 0 atom stereocenters. The molecule has 0 unspecified atom stereocenters. The van der Waals surface area contributed by atoms with Crippen LogP contribution >= 0.6 is 0 Å². The average Bonchev–Trinajstić information content (AvgIpc) is 3.89. The summed E-state index contributed by atoms with van der Waals surface area (Å²) in [5, 5.41) is 2.43. The van der Waals surface area contributed by atoms with Crippen molar-refractivity contribution in [2.75, 3.05) is 16.5 Å². The molecule has 2 aromatic heterocycles. The SMILES string of the molecule is CC(C)(C)c1cc(N2CN(c3cc(Oc4cc(C(C)(C)C)c5c6ccccc6n(-c6cc(C(C)(C)C)ccn6)c5c4)cc(C(C)(C)c4ccccc4)c3)C=C2c2ccccc2)cc(C(C)(C)C)c1. The van der Waals surface area contributed by atoms with Gasteiger partial charge in [-0.2, -0.15) is 0 Å². The van der Waals surface area contributed by atoms with Crippen molar-refractivity contribution in [3.05, 3.63) is 197 Å². The monoisotopic (exact) mass is 899 g/mol. The van der Waals surface area contributed by atoms with Crippen molar-refractivity contribution < 1.29 is 4.74 Å². The highest BCUT2D eigenvalue weighted by Gasteiger charge is 2.32. The van der Waals surface area contributed by atoms with Crippen LogP contribution in [0.15, 0.2) is 158 Å². The molecule has 3 heterocycles. The van der Waals surface area contributed by atoms with E-state index in [9.17, 15) is 0 Å². The molecule has 6 aromatic carbocycles. The highest BCUT2D eigenvalue weighted by atomic mass is 16.5. The number of pyridine rings is 1. The van der Waals surface area contributed by atoms with Crippen LogP contribution in [0, 0.1) is 0 Å². The number of nitrogens with zero attached hydrogens (tertiary/aromatic N) is 4. The second kappa shape index (κ2) is 16.9. The molecule has 0 saturated carbocycles. The molecule has 8 aromatic rings. The van der Waals surface area contributed by atoms with Gasteiger partial charge in [-0.15, -0.1) is 0 Å². The molecule has 0 spiro atoms. The summed E-state index contributed by atoms with van der Waals surface area (Å²) in [6.07, 6.45) is 4.28. The summed E-state index contributed by atoms with van der Waals surface area (Å²) in [5.74, 6) is 2.47. The molecule has 0 bridgehead atoms. The summed E-state index contributed by atoms with van der Waals surface area (Å²) in [6, 6.07) is 53.3. The summed E-state index contributed by atoms with van der Waals surface area (Å²) in [5.41, 5.74) is 13.7. The summed E-state index contributed by atoms with van der Waals surface area (Å²) < 4.78 is 9.62. The fraction of sp³-hybridized carbons (Fsp3) is 0.317. The van der Waals surface area contributed by atoms with Gasteiger partial charge in [-0.1, -0.05) is 182 Å². The normalized spacial score (nSPS) is 14.0. The molecule has 0 fully saturated rings. The average molecular weight is 899 g/mol. The molecule has 0 saturated heterocycles. The molecule has 5 nitrogen and oxygen atoms in total. The molecule has 1 aliphatic heterocycles. The fourth-order valence-corrected chi connectivity index (χ4v) is 9.64. The molecule has 0 amide bonds. The first-order valence-corrected chi connectivity index (χ1v) is 24.4. The quantitative estimate of drug-likeness (QED) is 0.152. The fourth-order valence-electron chi connectivity index (χ4n) is 9.64. The summed E-state index contributed by atoms with van der Waals surface area (Å²) in [7, 11) is 0. The maximum absolute atomic E-state index is 7.29. The zero-order valence-corrected chi connectivity index (χ0v) is 42.9. The Bertz CT molecular complexity index is 3150. The van der Waals surface area contributed by atoms with E-state index in [1.807, 2.05) is 6.20 Å². The smallest absolute Gasteiger partial charge is 0.137 e. The van der Waals surface area contributed by atoms with Crippen molar-refractivity contribution in [2.24, 2.45) is 0 Å². The van der Waals surface area contributed by atoms with E-state index >= 15 is 0 Å². The van der Waals surface area contributed by atoms with Gasteiger partial charge < -0.3 is 14.5 Å². The standard InChI is InChI=1S/C63H70N4O/c1-59(2,3)44-29-30-64-57(36-44)67-54-28-22-21-27-52(54)58-53(62(10,11)12)38-51(39-55(58)67)68-50-35-47(63(13,14)43-25-19-16-20-26-43)34-48(37-50)65-40-56(42-23-17-15-18-24-42)66(41-65)49-32-45(60(4,5)6)31-46(33-49)61(7,8)9/h15-40H,41H2,1-14H3. The largest absolute Gasteiger partial charge is 0.457 e. The number of aromatic nitrogens is 2. The lowest BCUT2D eigenvalue weighted by Crippen LogP contribution is -2.28. The predicted octanol–water partition coefficient (Wildman–Crippen LogP) is 16.8. The summed E-state index contributed by atoms with van der Waals surface area (Å²) in [6.45, 7) is 32.8. The number of ether oxygens (including phenoxy) is 1. The van der Waals surface area contributed by atoms with Crippen LogP contribution in [0.5, 0.6) is 11.5 Å². The lowest BCUT2D eigenvalue weighted by molar-refractivity contribution is 0.477. The van der Waals surface area contributed by atoms with Gasteiger partial charge >= 0.3 is 0 Å². The minimum absolute atomic E-state index is 0.0210. The molecule has 348 valence electrons. The van der Waals surface area contributed by atoms with Crippen LogP contribution in [0.1, 0.15) is 136 Å². The molecule has 5 heteroatoms. The van der Waals surface area contributed by atoms with Crippen molar-refractivity contribution in [3.8, 4) is 17.3 Å². The molecule has 0 radical (unpaired) electrons. The Balaban J connectivity index is 1.23. The topological polar surface area (TPSA) is 33.5 Å². The van der Waals surface area contributed by atoms with Gasteiger partial charge in [-0.05, 0) is 109 Å². The van der Waals surface area contributed by atoms with E-state index in [0.717, 1.165) is 39.7 Å². The Labute approximate surface area is 406 Å². The summed E-state index contributed by atoms with van der Waals surface area (Å²) >= 11 is 0. The number of hydrogen-bond donors (Lipinski definition) is 0. The van der Waals surface area contributed by atoms with E-state index in [1.165, 1.54) is 55.4 Å². The Morgan fingerprint density at radius 1 is 0.471 bits per heavy atom. The third kappa shape index (κ3) is 8.96. The first-order valence-electron chi connectivity index (χ1n) is 24.4. The van der Waals surface area contributed by atoms with Crippen LogP contribution in [0.3, 0.4) is 0 Å². The number of anilines is 2. The van der Waals surface area contributed by atoms with Gasteiger partial charge in [0.25, 0.3) is 0 Å². The highest BCUT2D eigenvalue weighted by molar-refractivity contribution is 6.11.